The Labute approximate surface area is 155 Å². The lowest BCUT2D eigenvalue weighted by atomic mass is 10.1. The molecule has 0 amide bonds. The number of hydrogen-bond acceptors (Lipinski definition) is 2. The number of nitrogens with zero attached hydrogens (tertiary/aromatic N) is 1. The molecule has 0 aromatic heterocycles. The summed E-state index contributed by atoms with van der Waals surface area (Å²) < 4.78 is 0. The van der Waals surface area contributed by atoms with Crippen LogP contribution in [0.5, 0.6) is 0 Å². The number of allylic oxidation sites excluding steroid dienone is 1. The molecule has 3 aromatic rings. The van der Waals surface area contributed by atoms with Gasteiger partial charge in [0.05, 0.1) is 6.61 Å². The normalized spacial score (nSPS) is 11.7. The van der Waals surface area contributed by atoms with Crippen LogP contribution in [0.1, 0.15) is 11.1 Å². The summed E-state index contributed by atoms with van der Waals surface area (Å²) in [5.74, 6) is 0. The number of anilines is 2. The maximum atomic E-state index is 9.58. The van der Waals surface area contributed by atoms with Gasteiger partial charge in [-0.1, -0.05) is 72.3 Å². The van der Waals surface area contributed by atoms with Crippen molar-refractivity contribution in [1.82, 2.24) is 0 Å². The summed E-state index contributed by atoms with van der Waals surface area (Å²) in [6.07, 6.45) is 5.93. The van der Waals surface area contributed by atoms with Crippen LogP contribution in [0.25, 0.3) is 6.08 Å². The minimum atomic E-state index is -0.0241. The van der Waals surface area contributed by atoms with E-state index in [1.54, 1.807) is 0 Å². The second kappa shape index (κ2) is 8.84. The summed E-state index contributed by atoms with van der Waals surface area (Å²) >= 11 is 0. The molecule has 1 N–H and O–H groups in total. The number of hydrogen-bond donors (Lipinski definition) is 1. The molecule has 0 aliphatic rings. The molecule has 2 heteroatoms. The van der Waals surface area contributed by atoms with E-state index in [-0.39, 0.29) is 6.61 Å². The van der Waals surface area contributed by atoms with Crippen molar-refractivity contribution in [2.45, 2.75) is 6.92 Å². The van der Waals surface area contributed by atoms with E-state index in [1.807, 2.05) is 48.6 Å². The first-order valence-electron chi connectivity index (χ1n) is 8.74. The molecule has 0 atom stereocenters. The fourth-order valence-electron chi connectivity index (χ4n) is 2.79. The lowest BCUT2D eigenvalue weighted by molar-refractivity contribution is 0.342. The maximum Gasteiger partial charge on any atom is 0.0635 e. The Kier molecular flexibility index (Phi) is 6.02. The molecule has 130 valence electrons. The molecule has 3 aromatic carbocycles. The highest BCUT2D eigenvalue weighted by Gasteiger charge is 2.12. The van der Waals surface area contributed by atoms with Crippen LogP contribution in [-0.2, 0) is 0 Å². The highest BCUT2D eigenvalue weighted by molar-refractivity contribution is 5.72. The van der Waals surface area contributed by atoms with E-state index in [2.05, 4.69) is 66.4 Å². The molecule has 0 aliphatic carbocycles. The Morgan fingerprint density at radius 1 is 0.808 bits per heavy atom. The molecular weight excluding hydrogens is 318 g/mol. The van der Waals surface area contributed by atoms with Crippen LogP contribution in [-0.4, -0.2) is 11.7 Å². The number of benzene rings is 3. The van der Waals surface area contributed by atoms with Crippen molar-refractivity contribution < 1.29 is 5.11 Å². The Hall–Kier alpha value is -3.10. The van der Waals surface area contributed by atoms with Crippen LogP contribution in [0.4, 0.5) is 11.4 Å². The van der Waals surface area contributed by atoms with E-state index in [4.69, 9.17) is 0 Å². The van der Waals surface area contributed by atoms with Gasteiger partial charge in [0.15, 0.2) is 0 Å². The number of aliphatic hydroxyl groups is 1. The summed E-state index contributed by atoms with van der Waals surface area (Å²) in [5.41, 5.74) is 5.36. The largest absolute Gasteiger partial charge is 0.392 e. The number of para-hydroxylation sites is 1. The highest BCUT2D eigenvalue weighted by atomic mass is 16.2. The van der Waals surface area contributed by atoms with Crippen molar-refractivity contribution in [3.63, 3.8) is 0 Å². The van der Waals surface area contributed by atoms with Gasteiger partial charge in [0.2, 0.25) is 0 Å². The second-order valence-electron chi connectivity index (χ2n) is 6.06. The quantitative estimate of drug-likeness (QED) is 0.579. The van der Waals surface area contributed by atoms with Gasteiger partial charge in [-0.2, -0.15) is 0 Å². The minimum Gasteiger partial charge on any atom is -0.392 e. The van der Waals surface area contributed by atoms with Gasteiger partial charge in [-0.15, -0.1) is 0 Å². The summed E-state index contributed by atoms with van der Waals surface area (Å²) in [5, 5.41) is 9.58. The molecule has 3 rings (SSSR count). The van der Waals surface area contributed by atoms with Crippen LogP contribution < -0.4 is 4.90 Å². The van der Waals surface area contributed by atoms with Crippen molar-refractivity contribution in [1.29, 1.82) is 0 Å². The Morgan fingerprint density at radius 3 is 2.00 bits per heavy atom. The van der Waals surface area contributed by atoms with E-state index in [1.165, 1.54) is 5.56 Å². The van der Waals surface area contributed by atoms with Crippen LogP contribution in [0.2, 0.25) is 0 Å². The first-order chi connectivity index (χ1) is 12.8. The maximum absolute atomic E-state index is 9.58. The van der Waals surface area contributed by atoms with Crippen molar-refractivity contribution in [3.8, 4) is 0 Å². The Morgan fingerprint density at radius 2 is 1.38 bits per heavy atom. The van der Waals surface area contributed by atoms with Gasteiger partial charge >= 0.3 is 0 Å². The fraction of sp³-hybridized carbons (Fsp3) is 0.0833. The van der Waals surface area contributed by atoms with Crippen molar-refractivity contribution in [2.75, 3.05) is 11.5 Å². The van der Waals surface area contributed by atoms with Gasteiger partial charge < -0.3 is 10.0 Å². The second-order valence-corrected chi connectivity index (χ2v) is 6.06. The van der Waals surface area contributed by atoms with E-state index in [0.29, 0.717) is 0 Å². The van der Waals surface area contributed by atoms with Crippen molar-refractivity contribution in [3.05, 3.63) is 114 Å². The van der Waals surface area contributed by atoms with Gasteiger partial charge in [0.1, 0.15) is 0 Å². The Balaban J connectivity index is 2.04. The van der Waals surface area contributed by atoms with E-state index in [0.717, 1.165) is 22.6 Å². The number of rotatable bonds is 6. The van der Waals surface area contributed by atoms with E-state index < -0.39 is 0 Å². The zero-order chi connectivity index (χ0) is 18.2. The summed E-state index contributed by atoms with van der Waals surface area (Å²) in [4.78, 5) is 2.15. The third-order valence-corrected chi connectivity index (χ3v) is 4.11. The molecule has 0 spiro atoms. The van der Waals surface area contributed by atoms with Gasteiger partial charge in [0, 0.05) is 17.1 Å². The third-order valence-electron chi connectivity index (χ3n) is 4.11. The highest BCUT2D eigenvalue weighted by Crippen LogP contribution is 2.30. The standard InChI is InChI=1S/C24H23NO/c1-20-12-15-23(16-13-20)25(22-10-6-3-7-11-22)24(18-19-26)17-14-21-8-4-2-5-9-21/h2-18,26H,19H2,1H3/b17-14-,24-18+. The van der Waals surface area contributed by atoms with Gasteiger partial charge in [0.25, 0.3) is 0 Å². The fourth-order valence-corrected chi connectivity index (χ4v) is 2.79. The third kappa shape index (κ3) is 4.50. The van der Waals surface area contributed by atoms with Crippen molar-refractivity contribution in [2.24, 2.45) is 0 Å². The number of aliphatic hydroxyl groups excluding tert-OH is 1. The van der Waals surface area contributed by atoms with Crippen LogP contribution in [0, 0.1) is 6.92 Å². The summed E-state index contributed by atoms with van der Waals surface area (Å²) in [6, 6.07) is 28.8. The summed E-state index contributed by atoms with van der Waals surface area (Å²) in [7, 11) is 0. The monoisotopic (exact) mass is 341 g/mol. The molecular formula is C24H23NO. The van der Waals surface area contributed by atoms with E-state index in [9.17, 15) is 5.11 Å². The molecule has 0 heterocycles. The molecule has 0 saturated heterocycles. The first-order valence-corrected chi connectivity index (χ1v) is 8.74. The zero-order valence-corrected chi connectivity index (χ0v) is 14.9. The van der Waals surface area contributed by atoms with Gasteiger partial charge in [-0.3, -0.25) is 0 Å². The average Bonchev–Trinajstić information content (AvgIpc) is 2.69. The molecule has 0 unspecified atom stereocenters. The van der Waals surface area contributed by atoms with Crippen LogP contribution in [0.3, 0.4) is 0 Å². The van der Waals surface area contributed by atoms with Crippen LogP contribution in [0.15, 0.2) is 103 Å². The smallest absolute Gasteiger partial charge is 0.0635 e. The zero-order valence-electron chi connectivity index (χ0n) is 14.9. The molecule has 0 fully saturated rings. The van der Waals surface area contributed by atoms with E-state index >= 15 is 0 Å². The average molecular weight is 341 g/mol. The molecule has 0 radical (unpaired) electrons. The first kappa shape index (κ1) is 17.7. The van der Waals surface area contributed by atoms with Crippen molar-refractivity contribution >= 4 is 17.5 Å². The Bertz CT molecular complexity index is 865. The lowest BCUT2D eigenvalue weighted by Gasteiger charge is -2.26. The molecule has 0 aliphatic heterocycles. The molecule has 0 saturated carbocycles. The van der Waals surface area contributed by atoms with Crippen LogP contribution >= 0.6 is 0 Å². The molecule has 2 nitrogen and oxygen atoms in total. The topological polar surface area (TPSA) is 23.5 Å². The molecule has 0 bridgehead atoms. The summed E-state index contributed by atoms with van der Waals surface area (Å²) in [6.45, 7) is 2.06. The predicted molar refractivity (Wildman–Crippen MR) is 110 cm³/mol. The van der Waals surface area contributed by atoms with Gasteiger partial charge in [-0.25, -0.2) is 0 Å². The molecule has 26 heavy (non-hydrogen) atoms. The lowest BCUT2D eigenvalue weighted by Crippen LogP contribution is -2.15. The predicted octanol–water partition coefficient (Wildman–Crippen LogP) is 5.72. The number of aryl methyl sites for hydroxylation is 1. The van der Waals surface area contributed by atoms with Gasteiger partial charge in [-0.05, 0) is 48.9 Å². The SMILES string of the molecule is Cc1ccc(N(C(/C=C\c2ccccc2)=C/CO)c2ccccc2)cc1. The minimum absolute atomic E-state index is 0.0241.